The van der Waals surface area contributed by atoms with Gasteiger partial charge < -0.3 is 4.74 Å². The molecule has 4 rings (SSSR count). The Kier molecular flexibility index (Phi) is 4.63. The predicted octanol–water partition coefficient (Wildman–Crippen LogP) is 3.05. The first-order valence-corrected chi connectivity index (χ1v) is 10.0. The van der Waals surface area contributed by atoms with Gasteiger partial charge in [-0.05, 0) is 49.4 Å². The summed E-state index contributed by atoms with van der Waals surface area (Å²) >= 11 is 0. The summed E-state index contributed by atoms with van der Waals surface area (Å²) in [6, 6.07) is 13.8. The summed E-state index contributed by atoms with van der Waals surface area (Å²) in [7, 11) is -2.64. The van der Waals surface area contributed by atoms with Crippen LogP contribution in [-0.4, -0.2) is 35.3 Å². The number of anilines is 1. The van der Waals surface area contributed by atoms with E-state index in [0.717, 1.165) is 11.6 Å². The molecule has 29 heavy (non-hydrogen) atoms. The van der Waals surface area contributed by atoms with Gasteiger partial charge in [-0.15, -0.1) is 10.2 Å². The first kappa shape index (κ1) is 18.8. The molecule has 2 aromatic carbocycles. The number of nitrogens with zero attached hydrogens (tertiary/aromatic N) is 4. The standard InChI is InChI=1S/C19H16FN5O3S/c1-12-21-22-19-10-8-17(23-25(12)19)13-3-5-14(6-4-13)24-29(26,27)15-7-9-18(28-2)16(20)11-15/h3-11,24H,1-2H3. The highest BCUT2D eigenvalue weighted by molar-refractivity contribution is 7.92. The largest absolute Gasteiger partial charge is 0.494 e. The van der Waals surface area contributed by atoms with Crippen LogP contribution in [0.3, 0.4) is 0 Å². The molecule has 0 aliphatic rings. The third-order valence-electron chi connectivity index (χ3n) is 4.29. The SMILES string of the molecule is COc1ccc(S(=O)(=O)Nc2ccc(-c3ccc4nnc(C)n4n3)cc2)cc1F. The molecule has 0 atom stereocenters. The molecule has 2 heterocycles. The van der Waals surface area contributed by atoms with Crippen LogP contribution in [0, 0.1) is 12.7 Å². The van der Waals surface area contributed by atoms with Crippen molar-refractivity contribution in [1.29, 1.82) is 0 Å². The van der Waals surface area contributed by atoms with E-state index in [1.54, 1.807) is 41.8 Å². The Balaban J connectivity index is 1.58. The van der Waals surface area contributed by atoms with E-state index < -0.39 is 15.8 Å². The number of sulfonamides is 1. The molecule has 0 spiro atoms. The molecule has 2 aromatic heterocycles. The van der Waals surface area contributed by atoms with Gasteiger partial charge in [0.15, 0.2) is 23.0 Å². The maximum Gasteiger partial charge on any atom is 0.262 e. The van der Waals surface area contributed by atoms with Crippen LogP contribution in [0.5, 0.6) is 5.75 Å². The lowest BCUT2D eigenvalue weighted by Crippen LogP contribution is -2.13. The average molecular weight is 413 g/mol. The Bertz CT molecular complexity index is 1300. The molecular formula is C19H16FN5O3S. The van der Waals surface area contributed by atoms with E-state index in [1.165, 1.54) is 19.2 Å². The van der Waals surface area contributed by atoms with Crippen molar-refractivity contribution in [3.05, 3.63) is 66.2 Å². The molecule has 0 radical (unpaired) electrons. The quantitative estimate of drug-likeness (QED) is 0.540. The molecule has 0 bridgehead atoms. The fourth-order valence-corrected chi connectivity index (χ4v) is 3.86. The van der Waals surface area contributed by atoms with Crippen LogP contribution in [0.15, 0.2) is 59.5 Å². The minimum Gasteiger partial charge on any atom is -0.494 e. The number of aryl methyl sites for hydroxylation is 1. The van der Waals surface area contributed by atoms with Crippen molar-refractivity contribution in [2.45, 2.75) is 11.8 Å². The Morgan fingerprint density at radius 1 is 1.03 bits per heavy atom. The molecule has 1 N–H and O–H groups in total. The number of fused-ring (bicyclic) bond motifs is 1. The molecule has 148 valence electrons. The lowest BCUT2D eigenvalue weighted by Gasteiger charge is -2.10. The normalized spacial score (nSPS) is 11.6. The van der Waals surface area contributed by atoms with Gasteiger partial charge >= 0.3 is 0 Å². The highest BCUT2D eigenvalue weighted by Gasteiger charge is 2.17. The summed E-state index contributed by atoms with van der Waals surface area (Å²) in [5.74, 6) is -0.115. The van der Waals surface area contributed by atoms with Gasteiger partial charge in [0.25, 0.3) is 10.0 Å². The predicted molar refractivity (Wildman–Crippen MR) is 105 cm³/mol. The zero-order chi connectivity index (χ0) is 20.6. The minimum absolute atomic E-state index is 0.0268. The third kappa shape index (κ3) is 3.61. The van der Waals surface area contributed by atoms with E-state index in [9.17, 15) is 12.8 Å². The maximum absolute atomic E-state index is 13.8. The van der Waals surface area contributed by atoms with Gasteiger partial charge in [0.1, 0.15) is 0 Å². The van der Waals surface area contributed by atoms with Crippen LogP contribution in [0.4, 0.5) is 10.1 Å². The topological polar surface area (TPSA) is 98.5 Å². The van der Waals surface area contributed by atoms with Gasteiger partial charge in [-0.25, -0.2) is 12.8 Å². The molecule has 0 saturated carbocycles. The van der Waals surface area contributed by atoms with Crippen molar-refractivity contribution >= 4 is 21.4 Å². The third-order valence-corrected chi connectivity index (χ3v) is 5.66. The zero-order valence-corrected chi connectivity index (χ0v) is 16.3. The number of rotatable bonds is 5. The van der Waals surface area contributed by atoms with Crippen LogP contribution in [0.1, 0.15) is 5.82 Å². The fraction of sp³-hybridized carbons (Fsp3) is 0.105. The molecule has 0 unspecified atom stereocenters. The van der Waals surface area contributed by atoms with Gasteiger partial charge in [0.2, 0.25) is 0 Å². The molecule has 0 fully saturated rings. The Labute approximate surface area is 166 Å². The number of hydrogen-bond donors (Lipinski definition) is 1. The number of hydrogen-bond acceptors (Lipinski definition) is 6. The van der Waals surface area contributed by atoms with Crippen LogP contribution in [0.2, 0.25) is 0 Å². The maximum atomic E-state index is 13.8. The second-order valence-electron chi connectivity index (χ2n) is 6.21. The Hall–Kier alpha value is -3.53. The zero-order valence-electron chi connectivity index (χ0n) is 15.5. The van der Waals surface area contributed by atoms with Crippen LogP contribution in [-0.2, 0) is 10.0 Å². The van der Waals surface area contributed by atoms with Crippen molar-refractivity contribution in [3.63, 3.8) is 0 Å². The molecule has 0 amide bonds. The van der Waals surface area contributed by atoms with Crippen LogP contribution >= 0.6 is 0 Å². The monoisotopic (exact) mass is 413 g/mol. The highest BCUT2D eigenvalue weighted by Crippen LogP contribution is 2.24. The van der Waals surface area contributed by atoms with Gasteiger partial charge in [-0.1, -0.05) is 12.1 Å². The molecule has 8 nitrogen and oxygen atoms in total. The first-order valence-electron chi connectivity index (χ1n) is 8.53. The van der Waals surface area contributed by atoms with E-state index >= 15 is 0 Å². The van der Waals surface area contributed by atoms with E-state index in [-0.39, 0.29) is 10.6 Å². The Morgan fingerprint density at radius 2 is 1.79 bits per heavy atom. The van der Waals surface area contributed by atoms with Gasteiger partial charge in [0.05, 0.1) is 17.7 Å². The summed E-state index contributed by atoms with van der Waals surface area (Å²) in [5.41, 5.74) is 2.46. The number of aromatic nitrogens is 4. The summed E-state index contributed by atoms with van der Waals surface area (Å²) in [4.78, 5) is -0.199. The second-order valence-corrected chi connectivity index (χ2v) is 7.90. The number of methoxy groups -OCH3 is 1. The van der Waals surface area contributed by atoms with Crippen LogP contribution < -0.4 is 9.46 Å². The Morgan fingerprint density at radius 3 is 2.48 bits per heavy atom. The first-order chi connectivity index (χ1) is 13.9. The number of halogens is 1. The average Bonchev–Trinajstić information content (AvgIpc) is 3.08. The molecule has 0 saturated heterocycles. The summed E-state index contributed by atoms with van der Waals surface area (Å²) < 4.78 is 47.7. The van der Waals surface area contributed by atoms with Gasteiger partial charge in [0, 0.05) is 11.3 Å². The van der Waals surface area contributed by atoms with Crippen molar-refractivity contribution in [3.8, 4) is 17.0 Å². The highest BCUT2D eigenvalue weighted by atomic mass is 32.2. The molecule has 4 aromatic rings. The lowest BCUT2D eigenvalue weighted by atomic mass is 10.1. The lowest BCUT2D eigenvalue weighted by molar-refractivity contribution is 0.385. The molecular weight excluding hydrogens is 397 g/mol. The fourth-order valence-electron chi connectivity index (χ4n) is 2.79. The number of ether oxygens (including phenoxy) is 1. The van der Waals surface area contributed by atoms with Gasteiger partial charge in [-0.2, -0.15) is 9.61 Å². The van der Waals surface area contributed by atoms with Crippen LogP contribution in [0.25, 0.3) is 16.9 Å². The summed E-state index contributed by atoms with van der Waals surface area (Å²) in [5, 5.41) is 12.4. The van der Waals surface area contributed by atoms with Gasteiger partial charge in [-0.3, -0.25) is 4.72 Å². The van der Waals surface area contributed by atoms with Crippen molar-refractivity contribution in [1.82, 2.24) is 19.8 Å². The summed E-state index contributed by atoms with van der Waals surface area (Å²) in [6.07, 6.45) is 0. The van der Waals surface area contributed by atoms with Crippen molar-refractivity contribution in [2.24, 2.45) is 0 Å². The van der Waals surface area contributed by atoms with E-state index in [1.807, 2.05) is 6.07 Å². The summed E-state index contributed by atoms with van der Waals surface area (Å²) in [6.45, 7) is 1.80. The molecule has 10 heteroatoms. The number of benzene rings is 2. The van der Waals surface area contributed by atoms with E-state index in [2.05, 4.69) is 20.0 Å². The van der Waals surface area contributed by atoms with E-state index in [4.69, 9.17) is 4.74 Å². The second kappa shape index (κ2) is 7.13. The molecule has 0 aliphatic heterocycles. The van der Waals surface area contributed by atoms with Crippen molar-refractivity contribution in [2.75, 3.05) is 11.8 Å². The minimum atomic E-state index is -3.95. The van der Waals surface area contributed by atoms with Crippen molar-refractivity contribution < 1.29 is 17.5 Å². The number of nitrogens with one attached hydrogen (secondary N) is 1. The molecule has 0 aliphatic carbocycles. The van der Waals surface area contributed by atoms with E-state index in [0.29, 0.717) is 22.9 Å². The smallest absolute Gasteiger partial charge is 0.262 e.